The largest absolute Gasteiger partial charge is 0.410 e. The number of carbonyl (C=O) groups is 2. The zero-order chi connectivity index (χ0) is 24.5. The van der Waals surface area contributed by atoms with E-state index in [-0.39, 0.29) is 23.4 Å². The molecule has 0 spiro atoms. The molecule has 0 aliphatic heterocycles. The quantitative estimate of drug-likeness (QED) is 0.471. The molecule has 7 nitrogen and oxygen atoms in total. The van der Waals surface area contributed by atoms with Crippen LogP contribution in [-0.2, 0) is 18.3 Å². The Kier molecular flexibility index (Phi) is 6.48. The van der Waals surface area contributed by atoms with Gasteiger partial charge in [-0.25, -0.2) is 9.78 Å². The van der Waals surface area contributed by atoms with Crippen molar-refractivity contribution in [3.8, 4) is 5.75 Å². The molecule has 3 aromatic rings. The Morgan fingerprint density at radius 1 is 1.06 bits per heavy atom. The molecule has 1 aliphatic rings. The van der Waals surface area contributed by atoms with Crippen molar-refractivity contribution in [2.75, 3.05) is 5.32 Å². The van der Waals surface area contributed by atoms with Crippen LogP contribution in [0.25, 0.3) is 0 Å². The van der Waals surface area contributed by atoms with Crippen molar-refractivity contribution < 1.29 is 14.3 Å². The van der Waals surface area contributed by atoms with Crippen molar-refractivity contribution >= 4 is 35.1 Å². The van der Waals surface area contributed by atoms with E-state index in [1.165, 1.54) is 17.2 Å². The number of fused-ring (bicyclic) bond motifs is 1. The topological polar surface area (TPSA) is 106 Å². The lowest BCUT2D eigenvalue weighted by Crippen LogP contribution is -2.36. The fraction of sp³-hybridized carbons (Fsp3) is 0.269. The van der Waals surface area contributed by atoms with Crippen molar-refractivity contribution in [1.82, 2.24) is 10.3 Å². The first kappa shape index (κ1) is 23.6. The van der Waals surface area contributed by atoms with E-state index in [0.29, 0.717) is 22.1 Å². The number of anilines is 2. The molecule has 1 heterocycles. The molecule has 34 heavy (non-hydrogen) atoms. The van der Waals surface area contributed by atoms with Crippen LogP contribution in [-0.4, -0.2) is 23.0 Å². The number of aromatic nitrogens is 1. The summed E-state index contributed by atoms with van der Waals surface area (Å²) in [5, 5.41) is 6.75. The van der Waals surface area contributed by atoms with E-state index in [1.54, 1.807) is 12.1 Å². The zero-order valence-corrected chi connectivity index (χ0v) is 20.1. The Morgan fingerprint density at radius 3 is 2.26 bits per heavy atom. The highest BCUT2D eigenvalue weighted by molar-refractivity contribution is 6.33. The maximum atomic E-state index is 13.2. The molecule has 1 aliphatic carbocycles. The number of nitrogens with two attached hydrogens (primary N) is 1. The van der Waals surface area contributed by atoms with Gasteiger partial charge in [0.1, 0.15) is 17.3 Å². The second-order valence-corrected chi connectivity index (χ2v) is 9.76. The van der Waals surface area contributed by atoms with E-state index >= 15 is 0 Å². The van der Waals surface area contributed by atoms with E-state index in [0.717, 1.165) is 12.8 Å². The van der Waals surface area contributed by atoms with Gasteiger partial charge in [-0.3, -0.25) is 4.79 Å². The molecule has 0 bridgehead atoms. The molecule has 1 aromatic heterocycles. The van der Waals surface area contributed by atoms with Gasteiger partial charge in [0.05, 0.1) is 10.7 Å². The lowest BCUT2D eigenvalue weighted by molar-refractivity contribution is 0.0933. The Morgan fingerprint density at radius 2 is 1.68 bits per heavy atom. The van der Waals surface area contributed by atoms with E-state index in [2.05, 4.69) is 27.8 Å². The van der Waals surface area contributed by atoms with Crippen LogP contribution in [0.5, 0.6) is 5.75 Å². The number of primary amides is 1. The summed E-state index contributed by atoms with van der Waals surface area (Å²) in [5.74, 6) is 0.165. The zero-order valence-electron chi connectivity index (χ0n) is 19.3. The van der Waals surface area contributed by atoms with Gasteiger partial charge in [-0.1, -0.05) is 68.8 Å². The molecule has 0 unspecified atom stereocenters. The van der Waals surface area contributed by atoms with Crippen molar-refractivity contribution in [3.63, 3.8) is 0 Å². The number of amides is 2. The van der Waals surface area contributed by atoms with Gasteiger partial charge < -0.3 is 21.1 Å². The Hall–Kier alpha value is -3.58. The summed E-state index contributed by atoms with van der Waals surface area (Å²) in [6.45, 7) is 5.85. The number of nitrogens with zero attached hydrogens (tertiary/aromatic N) is 1. The highest BCUT2D eigenvalue weighted by Crippen LogP contribution is 2.39. The third-order valence-corrected chi connectivity index (χ3v) is 6.02. The summed E-state index contributed by atoms with van der Waals surface area (Å²) < 4.78 is 5.34. The van der Waals surface area contributed by atoms with Crippen LogP contribution in [0.4, 0.5) is 16.3 Å². The molecule has 8 heteroatoms. The van der Waals surface area contributed by atoms with Crippen LogP contribution in [0.2, 0.25) is 5.02 Å². The molecule has 4 rings (SSSR count). The minimum atomic E-state index is -0.974. The average Bonchev–Trinajstić information content (AvgIpc) is 3.16. The van der Waals surface area contributed by atoms with Gasteiger partial charge in [-0.2, -0.15) is 0 Å². The van der Waals surface area contributed by atoms with Crippen molar-refractivity contribution in [1.29, 1.82) is 0 Å². The number of carbonyl (C=O) groups excluding carboxylic acids is 2. The van der Waals surface area contributed by atoms with Crippen molar-refractivity contribution in [2.45, 2.75) is 45.1 Å². The first-order chi connectivity index (χ1) is 16.1. The van der Waals surface area contributed by atoms with E-state index in [1.807, 2.05) is 45.0 Å². The predicted molar refractivity (Wildman–Crippen MR) is 133 cm³/mol. The third kappa shape index (κ3) is 5.15. The van der Waals surface area contributed by atoms with Crippen molar-refractivity contribution in [3.05, 3.63) is 82.0 Å². The predicted octanol–water partition coefficient (Wildman–Crippen LogP) is 5.13. The van der Waals surface area contributed by atoms with E-state index in [9.17, 15) is 9.59 Å². The lowest BCUT2D eigenvalue weighted by atomic mass is 9.86. The maximum absolute atomic E-state index is 13.2. The Balaban J connectivity index is 1.71. The molecule has 0 fully saturated rings. The summed E-state index contributed by atoms with van der Waals surface area (Å²) in [6.07, 6.45) is 0.521. The van der Waals surface area contributed by atoms with E-state index in [4.69, 9.17) is 22.1 Å². The van der Waals surface area contributed by atoms with Gasteiger partial charge >= 0.3 is 6.09 Å². The summed E-state index contributed by atoms with van der Waals surface area (Å²) in [5.41, 5.74) is 8.61. The number of rotatable bonds is 5. The van der Waals surface area contributed by atoms with Crippen LogP contribution in [0, 0.1) is 0 Å². The van der Waals surface area contributed by atoms with Crippen molar-refractivity contribution in [2.24, 2.45) is 5.73 Å². The number of pyridine rings is 1. The normalized spacial score (nSPS) is 13.3. The molecular weight excluding hydrogens is 452 g/mol. The number of ether oxygens (including phenoxy) is 1. The smallest absolute Gasteiger partial charge is 0.409 e. The maximum Gasteiger partial charge on any atom is 0.409 e. The highest BCUT2D eigenvalue weighted by atomic mass is 35.5. The second-order valence-electron chi connectivity index (χ2n) is 9.35. The van der Waals surface area contributed by atoms with Gasteiger partial charge in [0, 0.05) is 17.7 Å². The molecule has 2 aromatic carbocycles. The molecule has 0 saturated carbocycles. The van der Waals surface area contributed by atoms with Crippen LogP contribution in [0.3, 0.4) is 0 Å². The molecule has 4 N–H and O–H groups in total. The molecule has 2 amide bonds. The summed E-state index contributed by atoms with van der Waals surface area (Å²) in [6, 6.07) is 16.7. The molecule has 0 radical (unpaired) electrons. The number of halogens is 1. The molecule has 0 saturated heterocycles. The van der Waals surface area contributed by atoms with Crippen LogP contribution in [0.1, 0.15) is 48.0 Å². The Bertz CT molecular complexity index is 1230. The lowest BCUT2D eigenvalue weighted by Gasteiger charge is -2.26. The number of para-hydroxylation sites is 1. The summed E-state index contributed by atoms with van der Waals surface area (Å²) >= 11 is 6.35. The second kappa shape index (κ2) is 9.35. The highest BCUT2D eigenvalue weighted by Gasteiger charge is 2.29. The fourth-order valence-electron chi connectivity index (χ4n) is 4.25. The number of benzene rings is 2. The molecular formula is C26H27ClN4O3. The number of nitrogens with one attached hydrogen (secondary N) is 2. The monoisotopic (exact) mass is 478 g/mol. The number of hydrogen-bond acceptors (Lipinski definition) is 5. The van der Waals surface area contributed by atoms with Crippen LogP contribution >= 0.6 is 11.6 Å². The summed E-state index contributed by atoms with van der Waals surface area (Å²) in [4.78, 5) is 29.5. The minimum Gasteiger partial charge on any atom is -0.410 e. The standard InChI is InChI=1S/C26H27ClN4O3/c1-26(2,3)22-21(34-25(28)33)14-20(31-23(22)30-19-11-7-6-10-18(19)27)24(32)29-17-12-15-8-4-5-9-16(15)13-17/h4-11,14,17H,12-13H2,1-3H3,(H2,28,33)(H,29,32)(H,30,31). The fourth-order valence-corrected chi connectivity index (χ4v) is 4.44. The van der Waals surface area contributed by atoms with Gasteiger partial charge in [-0.15, -0.1) is 0 Å². The van der Waals surface area contributed by atoms with Crippen LogP contribution < -0.4 is 21.1 Å². The SMILES string of the molecule is CC(C)(C)c1c(OC(N)=O)cc(C(=O)NC2Cc3ccccc3C2)nc1Nc1ccccc1Cl. The molecule has 0 atom stereocenters. The summed E-state index contributed by atoms with van der Waals surface area (Å²) in [7, 11) is 0. The van der Waals surface area contributed by atoms with Gasteiger partial charge in [0.15, 0.2) is 0 Å². The Labute approximate surface area is 203 Å². The minimum absolute atomic E-state index is 0.0468. The first-order valence-electron chi connectivity index (χ1n) is 11.0. The van der Waals surface area contributed by atoms with Gasteiger partial charge in [-0.05, 0) is 41.5 Å². The van der Waals surface area contributed by atoms with Gasteiger partial charge in [0.25, 0.3) is 5.91 Å². The molecule has 176 valence electrons. The van der Waals surface area contributed by atoms with E-state index < -0.39 is 11.5 Å². The third-order valence-electron chi connectivity index (χ3n) is 5.69. The first-order valence-corrected chi connectivity index (χ1v) is 11.4. The van der Waals surface area contributed by atoms with Gasteiger partial charge in [0.2, 0.25) is 0 Å². The van der Waals surface area contributed by atoms with Crippen LogP contribution in [0.15, 0.2) is 54.6 Å². The number of hydrogen-bond donors (Lipinski definition) is 3. The average molecular weight is 479 g/mol.